The van der Waals surface area contributed by atoms with Crippen molar-refractivity contribution in [2.75, 3.05) is 14.2 Å². The van der Waals surface area contributed by atoms with E-state index in [1.807, 2.05) is 26.0 Å². The molecule has 6 nitrogen and oxygen atoms in total. The second-order valence-corrected chi connectivity index (χ2v) is 7.23. The Morgan fingerprint density at radius 2 is 1.79 bits per heavy atom. The molecule has 0 saturated carbocycles. The fraction of sp³-hybridized carbons (Fsp3) is 0.304. The van der Waals surface area contributed by atoms with Crippen LogP contribution in [0.15, 0.2) is 33.5 Å². The number of hydrogen-bond donors (Lipinski definition) is 0. The number of aryl methyl sites for hydroxylation is 2. The number of rotatable bonds is 3. The largest absolute Gasteiger partial charge is 0.493 e. The van der Waals surface area contributed by atoms with Crippen LogP contribution in [0.3, 0.4) is 0 Å². The van der Waals surface area contributed by atoms with Gasteiger partial charge in [-0.15, -0.1) is 0 Å². The first-order chi connectivity index (χ1) is 13.9. The summed E-state index contributed by atoms with van der Waals surface area (Å²) in [5.41, 5.74) is 3.27. The van der Waals surface area contributed by atoms with Crippen molar-refractivity contribution in [3.63, 3.8) is 0 Å². The van der Waals surface area contributed by atoms with Crippen molar-refractivity contribution in [1.82, 2.24) is 0 Å². The third-order valence-electron chi connectivity index (χ3n) is 5.58. The fourth-order valence-corrected chi connectivity index (χ4v) is 3.97. The maximum absolute atomic E-state index is 13.1. The lowest BCUT2D eigenvalue weighted by Gasteiger charge is -2.29. The molecule has 1 aromatic heterocycles. The van der Waals surface area contributed by atoms with Gasteiger partial charge in [0.1, 0.15) is 17.4 Å². The molecule has 1 unspecified atom stereocenters. The van der Waals surface area contributed by atoms with Gasteiger partial charge in [-0.2, -0.15) is 0 Å². The van der Waals surface area contributed by atoms with Crippen molar-refractivity contribution >= 4 is 16.8 Å². The zero-order chi connectivity index (χ0) is 20.9. The van der Waals surface area contributed by atoms with Crippen LogP contribution in [0.5, 0.6) is 17.2 Å². The second-order valence-electron chi connectivity index (χ2n) is 7.23. The van der Waals surface area contributed by atoms with Crippen molar-refractivity contribution in [2.24, 2.45) is 0 Å². The molecule has 0 amide bonds. The van der Waals surface area contributed by atoms with Gasteiger partial charge in [0.05, 0.1) is 31.6 Å². The van der Waals surface area contributed by atoms with Crippen LogP contribution in [0.25, 0.3) is 11.0 Å². The van der Waals surface area contributed by atoms with Crippen LogP contribution in [0.1, 0.15) is 45.1 Å². The first-order valence-corrected chi connectivity index (χ1v) is 9.35. The third-order valence-corrected chi connectivity index (χ3v) is 5.58. The fourth-order valence-electron chi connectivity index (χ4n) is 3.97. The highest BCUT2D eigenvalue weighted by atomic mass is 16.5. The average Bonchev–Trinajstić information content (AvgIpc) is 2.70. The highest BCUT2D eigenvalue weighted by molar-refractivity contribution is 6.07. The van der Waals surface area contributed by atoms with E-state index in [1.165, 1.54) is 0 Å². The number of benzene rings is 2. The van der Waals surface area contributed by atoms with Gasteiger partial charge in [-0.05, 0) is 44.0 Å². The minimum absolute atomic E-state index is 0.0243. The summed E-state index contributed by atoms with van der Waals surface area (Å²) in [6, 6.07) is 7.22. The molecule has 0 N–H and O–H groups in total. The Morgan fingerprint density at radius 3 is 2.48 bits per heavy atom. The minimum atomic E-state index is -0.545. The predicted molar refractivity (Wildman–Crippen MR) is 109 cm³/mol. The summed E-state index contributed by atoms with van der Waals surface area (Å²) in [4.78, 5) is 25.2. The Kier molecular flexibility index (Phi) is 4.57. The average molecular weight is 394 g/mol. The first kappa shape index (κ1) is 19.1. The number of ether oxygens (including phenoxy) is 3. The number of hydrogen-bond acceptors (Lipinski definition) is 6. The van der Waals surface area contributed by atoms with E-state index in [-0.39, 0.29) is 17.8 Å². The van der Waals surface area contributed by atoms with Gasteiger partial charge in [-0.1, -0.05) is 12.1 Å². The lowest BCUT2D eigenvalue weighted by molar-refractivity contribution is 0.0848. The number of carbonyl (C=O) groups excluding carboxylic acids is 1. The minimum Gasteiger partial charge on any atom is -0.493 e. The maximum Gasteiger partial charge on any atom is 0.339 e. The van der Waals surface area contributed by atoms with Gasteiger partial charge in [0.15, 0.2) is 17.3 Å². The molecule has 0 saturated heterocycles. The number of methoxy groups -OCH3 is 2. The Morgan fingerprint density at radius 1 is 1.03 bits per heavy atom. The topological polar surface area (TPSA) is 75.0 Å². The molecular weight excluding hydrogens is 372 g/mol. The lowest BCUT2D eigenvalue weighted by atomic mass is 9.90. The number of ketones is 1. The van der Waals surface area contributed by atoms with E-state index in [0.29, 0.717) is 39.3 Å². The summed E-state index contributed by atoms with van der Waals surface area (Å²) in [6.45, 7) is 5.37. The van der Waals surface area contributed by atoms with E-state index in [4.69, 9.17) is 18.6 Å². The quantitative estimate of drug-likeness (QED) is 0.611. The molecule has 1 aliphatic rings. The standard InChI is InChI=1S/C23H22O6/c1-11-9-18-20(12(2)13(3)23(25)29-18)22-19(11)15(24)10-17(28-22)14-7-6-8-16(26-4)21(14)27-5/h6-9,17H,10H2,1-5H3. The van der Waals surface area contributed by atoms with E-state index in [2.05, 4.69) is 0 Å². The Hall–Kier alpha value is -3.28. The number of carbonyl (C=O) groups is 1. The van der Waals surface area contributed by atoms with Gasteiger partial charge >= 0.3 is 5.63 Å². The molecule has 29 heavy (non-hydrogen) atoms. The first-order valence-electron chi connectivity index (χ1n) is 9.35. The molecule has 1 atom stereocenters. The number of para-hydroxylation sites is 1. The van der Waals surface area contributed by atoms with E-state index in [9.17, 15) is 9.59 Å². The maximum atomic E-state index is 13.1. The highest BCUT2D eigenvalue weighted by Gasteiger charge is 2.34. The van der Waals surface area contributed by atoms with Crippen LogP contribution in [0, 0.1) is 20.8 Å². The molecule has 0 spiro atoms. The number of fused-ring (bicyclic) bond motifs is 3. The van der Waals surface area contributed by atoms with Crippen LogP contribution in [-0.4, -0.2) is 20.0 Å². The van der Waals surface area contributed by atoms with Crippen LogP contribution < -0.4 is 19.8 Å². The Labute approximate surface area is 168 Å². The van der Waals surface area contributed by atoms with Gasteiger partial charge in [0.2, 0.25) is 0 Å². The molecule has 2 heterocycles. The van der Waals surface area contributed by atoms with Crippen molar-refractivity contribution in [2.45, 2.75) is 33.3 Å². The van der Waals surface area contributed by atoms with Gasteiger partial charge < -0.3 is 18.6 Å². The summed E-state index contributed by atoms with van der Waals surface area (Å²) in [7, 11) is 3.12. The van der Waals surface area contributed by atoms with Crippen molar-refractivity contribution in [3.05, 3.63) is 62.5 Å². The van der Waals surface area contributed by atoms with E-state index < -0.39 is 6.10 Å². The van der Waals surface area contributed by atoms with E-state index in [0.717, 1.165) is 16.7 Å². The van der Waals surface area contributed by atoms with Gasteiger partial charge in [0, 0.05) is 11.1 Å². The summed E-state index contributed by atoms with van der Waals surface area (Å²) in [5.74, 6) is 1.53. The van der Waals surface area contributed by atoms with E-state index >= 15 is 0 Å². The number of Topliss-reactive ketones (excluding diaryl/α,β-unsaturated/α-hetero) is 1. The molecular formula is C23H22O6. The molecule has 0 aliphatic carbocycles. The van der Waals surface area contributed by atoms with Gasteiger partial charge in [0.25, 0.3) is 0 Å². The van der Waals surface area contributed by atoms with Crippen LogP contribution in [0.2, 0.25) is 0 Å². The highest BCUT2D eigenvalue weighted by Crippen LogP contribution is 2.45. The van der Waals surface area contributed by atoms with Crippen LogP contribution in [-0.2, 0) is 0 Å². The monoisotopic (exact) mass is 394 g/mol. The molecule has 0 bridgehead atoms. The van der Waals surface area contributed by atoms with Gasteiger partial charge in [-0.3, -0.25) is 4.79 Å². The second kappa shape index (κ2) is 6.95. The molecule has 3 aromatic rings. The molecule has 150 valence electrons. The van der Waals surface area contributed by atoms with Crippen LogP contribution in [0.4, 0.5) is 0 Å². The van der Waals surface area contributed by atoms with Crippen molar-refractivity contribution in [1.29, 1.82) is 0 Å². The molecule has 2 aromatic carbocycles. The van der Waals surface area contributed by atoms with Crippen LogP contribution >= 0.6 is 0 Å². The molecule has 1 aliphatic heterocycles. The smallest absolute Gasteiger partial charge is 0.339 e. The predicted octanol–water partition coefficient (Wildman–Crippen LogP) is 4.44. The summed E-state index contributed by atoms with van der Waals surface area (Å²) in [6.07, 6.45) is -0.366. The summed E-state index contributed by atoms with van der Waals surface area (Å²) >= 11 is 0. The zero-order valence-corrected chi connectivity index (χ0v) is 17.0. The van der Waals surface area contributed by atoms with Crippen molar-refractivity contribution < 1.29 is 23.4 Å². The Balaban J connectivity index is 1.96. The van der Waals surface area contributed by atoms with E-state index in [1.54, 1.807) is 33.3 Å². The molecule has 4 rings (SSSR count). The molecule has 0 radical (unpaired) electrons. The summed E-state index contributed by atoms with van der Waals surface area (Å²) < 4.78 is 22.8. The molecule has 0 fully saturated rings. The normalized spacial score (nSPS) is 15.8. The SMILES string of the molecule is COc1cccc(C2CC(=O)c3c(C)cc4oc(=O)c(C)c(C)c4c3O2)c1OC. The van der Waals surface area contributed by atoms with Gasteiger partial charge in [-0.25, -0.2) is 4.79 Å². The van der Waals surface area contributed by atoms with Crippen molar-refractivity contribution in [3.8, 4) is 17.2 Å². The molecule has 6 heteroatoms. The lowest BCUT2D eigenvalue weighted by Crippen LogP contribution is -2.23. The Bertz CT molecular complexity index is 1200. The summed E-state index contributed by atoms with van der Waals surface area (Å²) in [5, 5.41) is 0.655. The third kappa shape index (κ3) is 2.87. The zero-order valence-electron chi connectivity index (χ0n) is 17.0.